The fourth-order valence-corrected chi connectivity index (χ4v) is 4.03. The first kappa shape index (κ1) is 21.1. The van der Waals surface area contributed by atoms with Gasteiger partial charge in [0.2, 0.25) is 0 Å². The zero-order chi connectivity index (χ0) is 22.8. The van der Waals surface area contributed by atoms with Gasteiger partial charge in [0.25, 0.3) is 0 Å². The van der Waals surface area contributed by atoms with Gasteiger partial charge in [0, 0.05) is 29.7 Å². The van der Waals surface area contributed by atoms with Crippen LogP contribution in [-0.2, 0) is 4.74 Å². The number of anilines is 2. The fourth-order valence-electron chi connectivity index (χ4n) is 3.77. The first-order valence-corrected chi connectivity index (χ1v) is 10.7. The van der Waals surface area contributed by atoms with E-state index in [4.69, 9.17) is 16.3 Å². The van der Waals surface area contributed by atoms with Crippen LogP contribution in [-0.4, -0.2) is 40.2 Å². The summed E-state index contributed by atoms with van der Waals surface area (Å²) in [5.74, 6) is 0.0700. The smallest absolute Gasteiger partial charge is 0.123 e. The number of hydrogen-bond acceptors (Lipinski definition) is 7. The van der Waals surface area contributed by atoms with Gasteiger partial charge in [-0.3, -0.25) is 4.98 Å². The minimum atomic E-state index is -0.409. The van der Waals surface area contributed by atoms with Crippen LogP contribution in [0.1, 0.15) is 22.9 Å². The lowest BCUT2D eigenvalue weighted by atomic mass is 10.0. The molecule has 3 N–H and O–H groups in total. The largest absolute Gasteiger partial charge is 0.383 e. The number of nitriles is 1. The Morgan fingerprint density at radius 3 is 2.73 bits per heavy atom. The standard InChI is InChI=1S/C23H19ClFN7O/c24-19-6-17(30-22(20-10-29-32-31-20)14-1-3-16(25)4-2-14)5-18-21(27-8-13-11-33-12-13)15(7-26)9-28-23(18)19/h1-6,9-10,13,22,30H,8,11-12H2,(H,27,28)(H,29,31,32). The van der Waals surface area contributed by atoms with Crippen molar-refractivity contribution >= 4 is 33.9 Å². The molecule has 1 saturated heterocycles. The van der Waals surface area contributed by atoms with Crippen LogP contribution in [0.5, 0.6) is 0 Å². The monoisotopic (exact) mass is 463 g/mol. The van der Waals surface area contributed by atoms with E-state index >= 15 is 0 Å². The number of benzene rings is 2. The first-order chi connectivity index (χ1) is 16.1. The van der Waals surface area contributed by atoms with Gasteiger partial charge in [-0.15, -0.1) is 0 Å². The molecule has 0 spiro atoms. The van der Waals surface area contributed by atoms with Crippen LogP contribution in [0, 0.1) is 23.1 Å². The highest BCUT2D eigenvalue weighted by molar-refractivity contribution is 6.35. The van der Waals surface area contributed by atoms with Gasteiger partial charge in [0.1, 0.15) is 17.6 Å². The Kier molecular flexibility index (Phi) is 5.77. The van der Waals surface area contributed by atoms with Crippen LogP contribution in [0.3, 0.4) is 0 Å². The molecule has 0 radical (unpaired) electrons. The predicted octanol–water partition coefficient (Wildman–Crippen LogP) is 4.28. The van der Waals surface area contributed by atoms with E-state index in [-0.39, 0.29) is 5.82 Å². The Labute approximate surface area is 193 Å². The van der Waals surface area contributed by atoms with Crippen LogP contribution < -0.4 is 10.6 Å². The maximum Gasteiger partial charge on any atom is 0.123 e. The topological polar surface area (TPSA) is 112 Å². The Morgan fingerprint density at radius 2 is 2.06 bits per heavy atom. The third-order valence-corrected chi connectivity index (χ3v) is 5.85. The third-order valence-electron chi connectivity index (χ3n) is 5.56. The second kappa shape index (κ2) is 9.02. The fraction of sp³-hybridized carbons (Fsp3) is 0.217. The molecule has 1 fully saturated rings. The van der Waals surface area contributed by atoms with Crippen LogP contribution in [0.15, 0.2) is 48.8 Å². The van der Waals surface area contributed by atoms with E-state index in [2.05, 4.69) is 37.1 Å². The molecule has 1 unspecified atom stereocenters. The lowest BCUT2D eigenvalue weighted by molar-refractivity contribution is -0.0248. The molecule has 0 saturated carbocycles. The number of fused-ring (bicyclic) bond motifs is 1. The van der Waals surface area contributed by atoms with Gasteiger partial charge in [0.15, 0.2) is 0 Å². The zero-order valence-corrected chi connectivity index (χ0v) is 18.1. The highest BCUT2D eigenvalue weighted by atomic mass is 35.5. The van der Waals surface area contributed by atoms with Crippen LogP contribution in [0.4, 0.5) is 15.8 Å². The average molecular weight is 464 g/mol. The number of rotatable bonds is 7. The summed E-state index contributed by atoms with van der Waals surface area (Å²) in [6.45, 7) is 2.07. The molecule has 33 heavy (non-hydrogen) atoms. The minimum absolute atomic E-state index is 0.325. The molecule has 5 rings (SSSR count). The molecule has 1 atom stereocenters. The van der Waals surface area contributed by atoms with Crippen LogP contribution in [0.2, 0.25) is 5.02 Å². The van der Waals surface area contributed by atoms with E-state index < -0.39 is 6.04 Å². The number of hydrogen-bond donors (Lipinski definition) is 3. The van der Waals surface area contributed by atoms with Crippen molar-refractivity contribution in [2.24, 2.45) is 5.92 Å². The highest BCUT2D eigenvalue weighted by Crippen LogP contribution is 2.35. The Balaban J connectivity index is 1.55. The molecular formula is C23H19ClFN7O. The number of H-pyrrole nitrogens is 1. The van der Waals surface area contributed by atoms with Crippen LogP contribution in [0.25, 0.3) is 10.9 Å². The van der Waals surface area contributed by atoms with Crippen molar-refractivity contribution in [2.45, 2.75) is 6.04 Å². The summed E-state index contributed by atoms with van der Waals surface area (Å²) in [6.07, 6.45) is 3.13. The zero-order valence-electron chi connectivity index (χ0n) is 17.3. The van der Waals surface area contributed by atoms with E-state index in [1.807, 2.05) is 6.07 Å². The van der Waals surface area contributed by atoms with Gasteiger partial charge in [-0.25, -0.2) is 4.39 Å². The second-order valence-corrected chi connectivity index (χ2v) is 8.23. The Hall–Kier alpha value is -3.74. The lowest BCUT2D eigenvalue weighted by Gasteiger charge is -2.27. The summed E-state index contributed by atoms with van der Waals surface area (Å²) in [5, 5.41) is 28.3. The molecule has 2 aromatic heterocycles. The van der Waals surface area contributed by atoms with E-state index in [1.165, 1.54) is 18.3 Å². The van der Waals surface area contributed by atoms with E-state index in [0.29, 0.717) is 58.8 Å². The molecule has 166 valence electrons. The summed E-state index contributed by atoms with van der Waals surface area (Å²) in [7, 11) is 0. The molecule has 2 aromatic carbocycles. The lowest BCUT2D eigenvalue weighted by Crippen LogP contribution is -2.33. The van der Waals surface area contributed by atoms with E-state index in [0.717, 1.165) is 10.9 Å². The molecule has 4 aromatic rings. The molecule has 1 aliphatic rings. The molecular weight excluding hydrogens is 445 g/mol. The van der Waals surface area contributed by atoms with Gasteiger partial charge in [-0.1, -0.05) is 23.7 Å². The Bertz CT molecular complexity index is 1320. The Morgan fingerprint density at radius 1 is 1.24 bits per heavy atom. The van der Waals surface area contributed by atoms with Crippen molar-refractivity contribution in [3.8, 4) is 6.07 Å². The van der Waals surface area contributed by atoms with E-state index in [1.54, 1.807) is 24.4 Å². The van der Waals surface area contributed by atoms with Gasteiger partial charge in [-0.2, -0.15) is 20.7 Å². The number of nitrogens with one attached hydrogen (secondary N) is 3. The number of aromatic nitrogens is 4. The molecule has 0 amide bonds. The predicted molar refractivity (Wildman–Crippen MR) is 123 cm³/mol. The van der Waals surface area contributed by atoms with Crippen molar-refractivity contribution in [1.29, 1.82) is 5.26 Å². The average Bonchev–Trinajstić information content (AvgIpc) is 3.32. The molecule has 0 aliphatic carbocycles. The third kappa shape index (κ3) is 4.31. The number of pyridine rings is 1. The second-order valence-electron chi connectivity index (χ2n) is 7.82. The number of halogens is 2. The first-order valence-electron chi connectivity index (χ1n) is 10.3. The van der Waals surface area contributed by atoms with Crippen molar-refractivity contribution < 1.29 is 9.13 Å². The summed E-state index contributed by atoms with van der Waals surface area (Å²) < 4.78 is 18.8. The molecule has 3 heterocycles. The van der Waals surface area contributed by atoms with Crippen molar-refractivity contribution in [3.05, 3.63) is 76.5 Å². The number of aromatic amines is 1. The number of nitrogens with zero attached hydrogens (tertiary/aromatic N) is 4. The summed E-state index contributed by atoms with van der Waals surface area (Å²) in [4.78, 5) is 4.40. The summed E-state index contributed by atoms with van der Waals surface area (Å²) >= 11 is 6.59. The minimum Gasteiger partial charge on any atom is -0.383 e. The SMILES string of the molecule is N#Cc1cnc2c(Cl)cc(NC(c3ccc(F)cc3)c3cn[nH]n3)cc2c1NCC1COC1. The molecule has 1 aliphatic heterocycles. The van der Waals surface area contributed by atoms with Crippen molar-refractivity contribution in [3.63, 3.8) is 0 Å². The van der Waals surface area contributed by atoms with Gasteiger partial charge >= 0.3 is 0 Å². The van der Waals surface area contributed by atoms with Crippen molar-refractivity contribution in [2.75, 3.05) is 30.4 Å². The van der Waals surface area contributed by atoms with Gasteiger partial charge < -0.3 is 15.4 Å². The number of ether oxygens (including phenoxy) is 1. The van der Waals surface area contributed by atoms with Crippen molar-refractivity contribution in [1.82, 2.24) is 20.4 Å². The summed E-state index contributed by atoms with van der Waals surface area (Å²) in [6, 6.07) is 11.6. The van der Waals surface area contributed by atoms with E-state index in [9.17, 15) is 9.65 Å². The summed E-state index contributed by atoms with van der Waals surface area (Å²) in [5.41, 5.74) is 3.83. The quantitative estimate of drug-likeness (QED) is 0.375. The molecule has 8 nitrogen and oxygen atoms in total. The molecule has 10 heteroatoms. The maximum absolute atomic E-state index is 13.5. The van der Waals surface area contributed by atoms with Gasteiger partial charge in [-0.05, 0) is 29.8 Å². The molecule has 0 bridgehead atoms. The maximum atomic E-state index is 13.5. The van der Waals surface area contributed by atoms with Crippen LogP contribution >= 0.6 is 11.6 Å². The normalized spacial score (nSPS) is 14.5. The highest BCUT2D eigenvalue weighted by Gasteiger charge is 2.21. The van der Waals surface area contributed by atoms with Gasteiger partial charge in [0.05, 0.1) is 47.2 Å².